The summed E-state index contributed by atoms with van der Waals surface area (Å²) in [7, 11) is -3.77. The summed E-state index contributed by atoms with van der Waals surface area (Å²) in [6, 6.07) is 12.4. The quantitative estimate of drug-likeness (QED) is 0.732. The van der Waals surface area contributed by atoms with Crippen LogP contribution >= 0.6 is 27.5 Å². The summed E-state index contributed by atoms with van der Waals surface area (Å²) >= 11 is 9.33. The van der Waals surface area contributed by atoms with E-state index in [9.17, 15) is 8.42 Å². The number of nitrogens with two attached hydrogens (primary N) is 1. The topological polar surface area (TPSA) is 84.2 Å². The minimum absolute atomic E-state index is 0.401. The Morgan fingerprint density at radius 3 is 2.52 bits per heavy atom. The molecule has 0 amide bonds. The van der Waals surface area contributed by atoms with Crippen LogP contribution in [0.25, 0.3) is 0 Å². The van der Waals surface area contributed by atoms with Crippen molar-refractivity contribution in [3.63, 3.8) is 0 Å². The first-order valence-electron chi connectivity index (χ1n) is 5.92. The molecule has 0 bridgehead atoms. The third-order valence-corrected chi connectivity index (χ3v) is 4.11. The highest BCUT2D eigenvalue weighted by atomic mass is 79.9. The Balaban J connectivity index is 2.08. The van der Waals surface area contributed by atoms with Gasteiger partial charge in [-0.05, 0) is 35.9 Å². The Morgan fingerprint density at radius 1 is 1.14 bits per heavy atom. The van der Waals surface area contributed by atoms with Gasteiger partial charge in [-0.3, -0.25) is 4.72 Å². The molecule has 0 aliphatic rings. The van der Waals surface area contributed by atoms with Crippen LogP contribution in [0, 0.1) is 0 Å². The van der Waals surface area contributed by atoms with Gasteiger partial charge in [0.15, 0.2) is 0 Å². The van der Waals surface area contributed by atoms with E-state index in [1.165, 1.54) is 0 Å². The Morgan fingerprint density at radius 2 is 1.86 bits per heavy atom. The van der Waals surface area contributed by atoms with Gasteiger partial charge in [0.05, 0.1) is 5.69 Å². The highest BCUT2D eigenvalue weighted by Crippen LogP contribution is 2.23. The van der Waals surface area contributed by atoms with E-state index in [4.69, 9.17) is 16.7 Å². The number of anilines is 2. The third-order valence-electron chi connectivity index (χ3n) is 2.62. The molecule has 0 spiro atoms. The summed E-state index contributed by atoms with van der Waals surface area (Å²) in [6.45, 7) is 0.566. The van der Waals surface area contributed by atoms with Crippen LogP contribution in [-0.4, -0.2) is 8.42 Å². The van der Waals surface area contributed by atoms with Crippen molar-refractivity contribution >= 4 is 49.1 Å². The minimum Gasteiger partial charge on any atom is -0.381 e. The minimum atomic E-state index is -3.77. The summed E-state index contributed by atoms with van der Waals surface area (Å²) in [6.07, 6.45) is 0. The first kappa shape index (κ1) is 16.1. The van der Waals surface area contributed by atoms with Crippen LogP contribution in [0.3, 0.4) is 0 Å². The Hall–Kier alpha value is -1.28. The average molecular weight is 391 g/mol. The molecule has 2 rings (SSSR count). The second-order valence-corrected chi connectivity index (χ2v) is 6.90. The zero-order valence-corrected chi connectivity index (χ0v) is 14.0. The molecule has 0 aliphatic heterocycles. The third kappa shape index (κ3) is 5.20. The van der Waals surface area contributed by atoms with Crippen LogP contribution in [0.1, 0.15) is 5.56 Å². The van der Waals surface area contributed by atoms with Crippen molar-refractivity contribution in [2.24, 2.45) is 5.14 Å². The summed E-state index contributed by atoms with van der Waals surface area (Å²) in [5.41, 5.74) is 2.20. The van der Waals surface area contributed by atoms with E-state index in [-0.39, 0.29) is 0 Å². The Kier molecular flexibility index (Phi) is 5.10. The highest BCUT2D eigenvalue weighted by molar-refractivity contribution is 9.10. The SMILES string of the molecule is NS(=O)(=O)Nc1cccc(NCc2ccc(Cl)cc2Br)c1. The van der Waals surface area contributed by atoms with Gasteiger partial charge in [0.25, 0.3) is 10.2 Å². The zero-order chi connectivity index (χ0) is 15.5. The lowest BCUT2D eigenvalue weighted by Crippen LogP contribution is -2.21. The van der Waals surface area contributed by atoms with Gasteiger partial charge < -0.3 is 5.32 Å². The number of hydrogen-bond donors (Lipinski definition) is 3. The molecule has 0 radical (unpaired) electrons. The van der Waals surface area contributed by atoms with E-state index in [1.54, 1.807) is 18.2 Å². The fourth-order valence-corrected chi connectivity index (χ4v) is 3.00. The lowest BCUT2D eigenvalue weighted by atomic mass is 10.2. The lowest BCUT2D eigenvalue weighted by Gasteiger charge is -2.10. The summed E-state index contributed by atoms with van der Waals surface area (Å²) < 4.78 is 25.1. The molecular weight excluding hydrogens is 378 g/mol. The first-order valence-corrected chi connectivity index (χ1v) is 8.63. The van der Waals surface area contributed by atoms with Crippen LogP contribution in [0.4, 0.5) is 11.4 Å². The molecule has 21 heavy (non-hydrogen) atoms. The molecule has 0 aliphatic carbocycles. The van der Waals surface area contributed by atoms with Gasteiger partial charge in [-0.1, -0.05) is 39.7 Å². The molecule has 5 nitrogen and oxygen atoms in total. The molecule has 0 atom stereocenters. The second-order valence-electron chi connectivity index (χ2n) is 4.32. The van der Waals surface area contributed by atoms with E-state index in [0.29, 0.717) is 17.3 Å². The largest absolute Gasteiger partial charge is 0.381 e. The summed E-state index contributed by atoms with van der Waals surface area (Å²) in [5.74, 6) is 0. The highest BCUT2D eigenvalue weighted by Gasteiger charge is 2.04. The van der Waals surface area contributed by atoms with Crippen molar-refractivity contribution in [3.05, 3.63) is 57.5 Å². The van der Waals surface area contributed by atoms with E-state index in [2.05, 4.69) is 26.0 Å². The fraction of sp³-hybridized carbons (Fsp3) is 0.0769. The predicted molar refractivity (Wildman–Crippen MR) is 89.7 cm³/mol. The van der Waals surface area contributed by atoms with Crippen LogP contribution in [-0.2, 0) is 16.8 Å². The molecule has 4 N–H and O–H groups in total. The second kappa shape index (κ2) is 6.65. The van der Waals surface area contributed by atoms with E-state index >= 15 is 0 Å². The van der Waals surface area contributed by atoms with Crippen LogP contribution in [0.15, 0.2) is 46.9 Å². The van der Waals surface area contributed by atoms with Crippen molar-refractivity contribution in [3.8, 4) is 0 Å². The van der Waals surface area contributed by atoms with Crippen molar-refractivity contribution in [1.29, 1.82) is 0 Å². The first-order chi connectivity index (χ1) is 9.83. The van der Waals surface area contributed by atoms with Gasteiger partial charge in [0, 0.05) is 21.7 Å². The summed E-state index contributed by atoms with van der Waals surface area (Å²) in [4.78, 5) is 0. The van der Waals surface area contributed by atoms with Crippen LogP contribution in [0.5, 0.6) is 0 Å². The lowest BCUT2D eigenvalue weighted by molar-refractivity contribution is 0.603. The molecular formula is C13H13BrClN3O2S. The number of nitrogens with one attached hydrogen (secondary N) is 2. The molecule has 8 heteroatoms. The maximum Gasteiger partial charge on any atom is 0.296 e. The number of benzene rings is 2. The van der Waals surface area contributed by atoms with Gasteiger partial charge in [0.2, 0.25) is 0 Å². The maximum atomic E-state index is 11.0. The van der Waals surface area contributed by atoms with E-state index in [1.807, 2.05) is 24.3 Å². The van der Waals surface area contributed by atoms with Gasteiger partial charge in [-0.15, -0.1) is 0 Å². The monoisotopic (exact) mass is 389 g/mol. The average Bonchev–Trinajstić information content (AvgIpc) is 2.36. The van der Waals surface area contributed by atoms with Crippen molar-refractivity contribution in [2.75, 3.05) is 10.0 Å². The molecule has 2 aromatic rings. The molecule has 112 valence electrons. The smallest absolute Gasteiger partial charge is 0.296 e. The van der Waals surface area contributed by atoms with Crippen molar-refractivity contribution in [1.82, 2.24) is 0 Å². The predicted octanol–water partition coefficient (Wildman–Crippen LogP) is 3.33. The Bertz CT molecular complexity index is 753. The molecule has 0 unspecified atom stereocenters. The normalized spacial score (nSPS) is 11.2. The standard InChI is InChI=1S/C13H13BrClN3O2S/c14-13-6-10(15)5-4-9(13)8-17-11-2-1-3-12(7-11)18-21(16,19)20/h1-7,17-18H,8H2,(H2,16,19,20). The molecule has 0 saturated heterocycles. The van der Waals surface area contributed by atoms with E-state index in [0.717, 1.165) is 15.7 Å². The van der Waals surface area contributed by atoms with Gasteiger partial charge in [0.1, 0.15) is 0 Å². The number of halogens is 2. The summed E-state index contributed by atoms with van der Waals surface area (Å²) in [5, 5.41) is 8.79. The molecule has 0 fully saturated rings. The Labute approximate surface area is 136 Å². The molecule has 0 heterocycles. The number of hydrogen-bond acceptors (Lipinski definition) is 3. The maximum absolute atomic E-state index is 11.0. The molecule has 0 saturated carbocycles. The fourth-order valence-electron chi connectivity index (χ4n) is 1.72. The van der Waals surface area contributed by atoms with Gasteiger partial charge in [-0.25, -0.2) is 5.14 Å². The number of rotatable bonds is 5. The van der Waals surface area contributed by atoms with Crippen molar-refractivity contribution in [2.45, 2.75) is 6.54 Å². The van der Waals surface area contributed by atoms with Gasteiger partial charge >= 0.3 is 0 Å². The van der Waals surface area contributed by atoms with E-state index < -0.39 is 10.2 Å². The van der Waals surface area contributed by atoms with Crippen LogP contribution in [0.2, 0.25) is 5.02 Å². The molecule has 2 aromatic carbocycles. The van der Waals surface area contributed by atoms with Gasteiger partial charge in [-0.2, -0.15) is 8.42 Å². The van der Waals surface area contributed by atoms with Crippen molar-refractivity contribution < 1.29 is 8.42 Å². The zero-order valence-electron chi connectivity index (χ0n) is 10.8. The molecule has 0 aromatic heterocycles. The van der Waals surface area contributed by atoms with Crippen LogP contribution < -0.4 is 15.2 Å².